The molecule has 0 bridgehead atoms. The quantitative estimate of drug-likeness (QED) is 0.813. The summed E-state index contributed by atoms with van der Waals surface area (Å²) in [7, 11) is 0. The molecule has 1 aromatic carbocycles. The number of piperidine rings is 1. The smallest absolute Gasteiger partial charge is 0.295 e. The number of imide groups is 1. The molecule has 4 nitrogen and oxygen atoms in total. The molecule has 1 aliphatic rings. The summed E-state index contributed by atoms with van der Waals surface area (Å²) in [6.45, 7) is -1.29. The van der Waals surface area contributed by atoms with Crippen LogP contribution in [0.2, 0.25) is 0 Å². The first-order valence-electron chi connectivity index (χ1n) is 5.87. The Hall–Kier alpha value is -1.82. The van der Waals surface area contributed by atoms with Crippen molar-refractivity contribution in [3.8, 4) is 0 Å². The lowest BCUT2D eigenvalue weighted by molar-refractivity contribution is -0.134. The van der Waals surface area contributed by atoms with Crippen LogP contribution in [0.15, 0.2) is 24.3 Å². The average molecular weight is 269 g/mol. The minimum absolute atomic E-state index is 0.191. The van der Waals surface area contributed by atoms with Crippen LogP contribution < -0.4 is 5.32 Å². The van der Waals surface area contributed by atoms with E-state index in [1.165, 1.54) is 18.2 Å². The van der Waals surface area contributed by atoms with Crippen LogP contribution in [0.1, 0.15) is 29.9 Å². The fourth-order valence-corrected chi connectivity index (χ4v) is 2.09. The number of benzene rings is 1. The summed E-state index contributed by atoms with van der Waals surface area (Å²) in [4.78, 5) is 22.7. The number of carbonyl (C=O) groups excluding carboxylic acids is 2. The fraction of sp³-hybridized carbons (Fsp3) is 0.385. The lowest BCUT2D eigenvalue weighted by atomic mass is 9.89. The Morgan fingerprint density at radius 1 is 1.37 bits per heavy atom. The minimum Gasteiger partial charge on any atom is -0.390 e. The number of rotatable bonds is 3. The van der Waals surface area contributed by atoms with Gasteiger partial charge in [0.2, 0.25) is 11.8 Å². The highest BCUT2D eigenvalue weighted by molar-refractivity contribution is 6.00. The number of alkyl halides is 2. The van der Waals surface area contributed by atoms with Gasteiger partial charge >= 0.3 is 0 Å². The van der Waals surface area contributed by atoms with Crippen molar-refractivity contribution < 1.29 is 23.5 Å². The molecule has 1 unspecified atom stereocenters. The van der Waals surface area contributed by atoms with Gasteiger partial charge < -0.3 is 5.11 Å². The molecule has 0 radical (unpaired) electrons. The van der Waals surface area contributed by atoms with E-state index >= 15 is 0 Å². The van der Waals surface area contributed by atoms with Crippen LogP contribution in [0.4, 0.5) is 8.78 Å². The van der Waals surface area contributed by atoms with Crippen LogP contribution in [-0.2, 0) is 15.5 Å². The van der Waals surface area contributed by atoms with Gasteiger partial charge in [0.25, 0.3) is 5.92 Å². The van der Waals surface area contributed by atoms with Crippen molar-refractivity contribution in [1.29, 1.82) is 0 Å². The molecule has 6 heteroatoms. The van der Waals surface area contributed by atoms with Gasteiger partial charge in [-0.1, -0.05) is 18.2 Å². The first-order chi connectivity index (χ1) is 8.94. The SMILES string of the molecule is O=C1CCC(c2cccc(C(F)(F)CO)c2)C(=O)N1. The van der Waals surface area contributed by atoms with Gasteiger partial charge in [-0.2, -0.15) is 8.78 Å². The van der Waals surface area contributed by atoms with Gasteiger partial charge in [-0.3, -0.25) is 14.9 Å². The van der Waals surface area contributed by atoms with Crippen molar-refractivity contribution in [2.45, 2.75) is 24.7 Å². The van der Waals surface area contributed by atoms with E-state index < -0.39 is 24.4 Å². The number of halogens is 2. The predicted octanol–water partition coefficient (Wildman–Crippen LogP) is 1.29. The molecular weight excluding hydrogens is 256 g/mol. The van der Waals surface area contributed by atoms with Crippen molar-refractivity contribution in [3.63, 3.8) is 0 Å². The molecule has 0 saturated carbocycles. The lowest BCUT2D eigenvalue weighted by Crippen LogP contribution is -2.39. The van der Waals surface area contributed by atoms with Crippen LogP contribution in [0, 0.1) is 0 Å². The third-order valence-corrected chi connectivity index (χ3v) is 3.15. The summed E-state index contributed by atoms with van der Waals surface area (Å²) < 4.78 is 26.8. The Morgan fingerprint density at radius 2 is 2.11 bits per heavy atom. The van der Waals surface area contributed by atoms with Gasteiger partial charge in [-0.05, 0) is 18.1 Å². The molecule has 19 heavy (non-hydrogen) atoms. The molecule has 1 saturated heterocycles. The largest absolute Gasteiger partial charge is 0.390 e. The Kier molecular flexibility index (Phi) is 3.61. The van der Waals surface area contributed by atoms with E-state index in [0.717, 1.165) is 0 Å². The van der Waals surface area contributed by atoms with Crippen molar-refractivity contribution in [3.05, 3.63) is 35.4 Å². The molecule has 1 fully saturated rings. The summed E-state index contributed by atoms with van der Waals surface area (Å²) >= 11 is 0. The molecule has 1 heterocycles. The summed E-state index contributed by atoms with van der Waals surface area (Å²) in [6, 6.07) is 5.39. The maximum atomic E-state index is 13.4. The molecule has 0 aromatic heterocycles. The van der Waals surface area contributed by atoms with E-state index in [1.807, 2.05) is 0 Å². The summed E-state index contributed by atoms with van der Waals surface area (Å²) in [5.74, 6) is -4.76. The molecule has 102 valence electrons. The molecule has 0 aliphatic carbocycles. The van der Waals surface area contributed by atoms with E-state index in [4.69, 9.17) is 5.11 Å². The van der Waals surface area contributed by atoms with Gasteiger partial charge in [0.1, 0.15) is 6.61 Å². The minimum atomic E-state index is -3.34. The zero-order valence-electron chi connectivity index (χ0n) is 10.0. The summed E-state index contributed by atoms with van der Waals surface area (Å²) in [5, 5.41) is 10.8. The highest BCUT2D eigenvalue weighted by Crippen LogP contribution is 2.31. The van der Waals surface area contributed by atoms with E-state index in [0.29, 0.717) is 12.0 Å². The van der Waals surface area contributed by atoms with Crippen molar-refractivity contribution in [2.24, 2.45) is 0 Å². The zero-order chi connectivity index (χ0) is 14.0. The maximum absolute atomic E-state index is 13.4. The molecule has 2 rings (SSSR count). The van der Waals surface area contributed by atoms with E-state index in [1.54, 1.807) is 6.07 Å². The molecule has 2 N–H and O–H groups in total. The Morgan fingerprint density at radius 3 is 2.74 bits per heavy atom. The molecule has 1 aliphatic heterocycles. The number of aliphatic hydroxyl groups is 1. The fourth-order valence-electron chi connectivity index (χ4n) is 2.09. The third kappa shape index (κ3) is 2.78. The first kappa shape index (κ1) is 13.6. The second-order valence-corrected chi connectivity index (χ2v) is 4.49. The highest BCUT2D eigenvalue weighted by atomic mass is 19.3. The normalized spacial score (nSPS) is 20.3. The Balaban J connectivity index is 2.29. The second-order valence-electron chi connectivity index (χ2n) is 4.49. The van der Waals surface area contributed by atoms with E-state index in [-0.39, 0.29) is 17.9 Å². The van der Waals surface area contributed by atoms with Gasteiger partial charge in [-0.25, -0.2) is 0 Å². The number of nitrogens with one attached hydrogen (secondary N) is 1. The van der Waals surface area contributed by atoms with E-state index in [2.05, 4.69) is 5.32 Å². The van der Waals surface area contributed by atoms with Crippen LogP contribution >= 0.6 is 0 Å². The molecule has 1 aromatic rings. The Bertz CT molecular complexity index is 516. The molecule has 1 atom stereocenters. The second kappa shape index (κ2) is 5.05. The standard InChI is InChI=1S/C13H13F2NO3/c14-13(15,7-17)9-3-1-2-8(6-9)10-4-5-11(18)16-12(10)19/h1-3,6,10,17H,4-5,7H2,(H,16,18,19). The molecular formula is C13H13F2NO3. The Labute approximate surface area is 108 Å². The number of hydrogen-bond acceptors (Lipinski definition) is 3. The maximum Gasteiger partial charge on any atom is 0.295 e. The first-order valence-corrected chi connectivity index (χ1v) is 5.87. The van der Waals surface area contributed by atoms with Crippen molar-refractivity contribution in [1.82, 2.24) is 5.32 Å². The van der Waals surface area contributed by atoms with Crippen LogP contribution in [0.25, 0.3) is 0 Å². The predicted molar refractivity (Wildman–Crippen MR) is 62.5 cm³/mol. The lowest BCUT2D eigenvalue weighted by Gasteiger charge is -2.22. The van der Waals surface area contributed by atoms with Gasteiger partial charge in [-0.15, -0.1) is 0 Å². The molecule has 2 amide bonds. The highest BCUT2D eigenvalue weighted by Gasteiger charge is 2.33. The monoisotopic (exact) mass is 269 g/mol. The number of aliphatic hydroxyl groups excluding tert-OH is 1. The summed E-state index contributed by atoms with van der Waals surface area (Å²) in [5.41, 5.74) is 0.0906. The van der Waals surface area contributed by atoms with Crippen molar-refractivity contribution in [2.75, 3.05) is 6.61 Å². The van der Waals surface area contributed by atoms with Gasteiger partial charge in [0.05, 0.1) is 5.92 Å². The average Bonchev–Trinajstić information content (AvgIpc) is 2.39. The topological polar surface area (TPSA) is 66.4 Å². The molecule has 0 spiro atoms. The van der Waals surface area contributed by atoms with Crippen LogP contribution in [-0.4, -0.2) is 23.5 Å². The number of carbonyl (C=O) groups is 2. The summed E-state index contributed by atoms with van der Waals surface area (Å²) in [6.07, 6.45) is 0.496. The van der Waals surface area contributed by atoms with E-state index in [9.17, 15) is 18.4 Å². The number of hydrogen-bond donors (Lipinski definition) is 2. The number of amides is 2. The van der Waals surface area contributed by atoms with Gasteiger partial charge in [0, 0.05) is 12.0 Å². The third-order valence-electron chi connectivity index (χ3n) is 3.15. The van der Waals surface area contributed by atoms with Crippen LogP contribution in [0.5, 0.6) is 0 Å². The van der Waals surface area contributed by atoms with Crippen LogP contribution in [0.3, 0.4) is 0 Å². The zero-order valence-corrected chi connectivity index (χ0v) is 10.0. The van der Waals surface area contributed by atoms with Crippen molar-refractivity contribution >= 4 is 11.8 Å². The van der Waals surface area contributed by atoms with Gasteiger partial charge in [0.15, 0.2) is 0 Å².